The van der Waals surface area contributed by atoms with E-state index in [4.69, 9.17) is 4.42 Å². The molecule has 1 N–H and O–H groups in total. The largest absolute Gasteiger partial charge is 0.468 e. The third-order valence-electron chi connectivity index (χ3n) is 3.85. The van der Waals surface area contributed by atoms with Crippen LogP contribution < -0.4 is 5.32 Å². The summed E-state index contributed by atoms with van der Waals surface area (Å²) < 4.78 is 5.68. The number of rotatable bonds is 8. The molecule has 0 radical (unpaired) electrons. The van der Waals surface area contributed by atoms with E-state index >= 15 is 0 Å². The lowest BCUT2D eigenvalue weighted by atomic mass is 10.2. The van der Waals surface area contributed by atoms with E-state index in [9.17, 15) is 0 Å². The maximum atomic E-state index is 5.68. The van der Waals surface area contributed by atoms with Crippen LogP contribution in [0.4, 0.5) is 0 Å². The van der Waals surface area contributed by atoms with Crippen LogP contribution >= 0.6 is 0 Å². The standard InChI is InChI=1S/C16H29N3O/c1-3-5-17-12-15-11-16(20-14-15)13-19-9-7-18(6-4-2)8-10-19/h11,14,17H,3-10,12-13H2,1-2H3. The van der Waals surface area contributed by atoms with Gasteiger partial charge in [-0.15, -0.1) is 0 Å². The molecule has 114 valence electrons. The number of nitrogens with one attached hydrogen (secondary N) is 1. The van der Waals surface area contributed by atoms with E-state index in [1.54, 1.807) is 0 Å². The van der Waals surface area contributed by atoms with Crippen molar-refractivity contribution in [2.45, 2.75) is 39.8 Å². The van der Waals surface area contributed by atoms with Crippen molar-refractivity contribution in [1.82, 2.24) is 15.1 Å². The lowest BCUT2D eigenvalue weighted by Crippen LogP contribution is -2.45. The molecule has 0 spiro atoms. The Labute approximate surface area is 123 Å². The summed E-state index contributed by atoms with van der Waals surface area (Å²) in [7, 11) is 0. The Balaban J connectivity index is 1.71. The smallest absolute Gasteiger partial charge is 0.118 e. The number of hydrogen-bond acceptors (Lipinski definition) is 4. The highest BCUT2D eigenvalue weighted by Crippen LogP contribution is 2.12. The van der Waals surface area contributed by atoms with Gasteiger partial charge in [0.2, 0.25) is 0 Å². The molecule has 4 nitrogen and oxygen atoms in total. The second-order valence-electron chi connectivity index (χ2n) is 5.72. The Bertz CT molecular complexity index is 370. The maximum Gasteiger partial charge on any atom is 0.118 e. The molecular weight excluding hydrogens is 250 g/mol. The highest BCUT2D eigenvalue weighted by molar-refractivity contribution is 5.12. The minimum atomic E-state index is 0.918. The highest BCUT2D eigenvalue weighted by Gasteiger charge is 2.17. The summed E-state index contributed by atoms with van der Waals surface area (Å²) in [6, 6.07) is 2.20. The first-order valence-corrected chi connectivity index (χ1v) is 8.03. The zero-order valence-corrected chi connectivity index (χ0v) is 13.0. The van der Waals surface area contributed by atoms with Crippen LogP contribution in [0.15, 0.2) is 16.7 Å². The Morgan fingerprint density at radius 2 is 1.85 bits per heavy atom. The fourth-order valence-corrected chi connectivity index (χ4v) is 2.72. The normalized spacial score (nSPS) is 17.7. The molecule has 2 rings (SSSR count). The number of furan rings is 1. The van der Waals surface area contributed by atoms with Crippen LogP contribution in [0.2, 0.25) is 0 Å². The molecule has 1 fully saturated rings. The van der Waals surface area contributed by atoms with Crippen molar-refractivity contribution in [3.8, 4) is 0 Å². The summed E-state index contributed by atoms with van der Waals surface area (Å²) in [5.74, 6) is 1.10. The van der Waals surface area contributed by atoms with Gasteiger partial charge in [0.05, 0.1) is 12.8 Å². The molecule has 0 amide bonds. The van der Waals surface area contributed by atoms with Crippen LogP contribution in [0.3, 0.4) is 0 Å². The van der Waals surface area contributed by atoms with Gasteiger partial charge in [-0.25, -0.2) is 0 Å². The van der Waals surface area contributed by atoms with E-state index in [-0.39, 0.29) is 0 Å². The highest BCUT2D eigenvalue weighted by atomic mass is 16.3. The van der Waals surface area contributed by atoms with Crippen molar-refractivity contribution in [1.29, 1.82) is 0 Å². The van der Waals surface area contributed by atoms with Crippen molar-refractivity contribution >= 4 is 0 Å². The van der Waals surface area contributed by atoms with E-state index in [0.717, 1.165) is 38.5 Å². The van der Waals surface area contributed by atoms with Gasteiger partial charge in [-0.05, 0) is 32.0 Å². The SMILES string of the molecule is CCCNCc1coc(CN2CCN(CCC)CC2)c1. The van der Waals surface area contributed by atoms with E-state index in [2.05, 4.69) is 35.0 Å². The first-order valence-electron chi connectivity index (χ1n) is 8.03. The number of hydrogen-bond donors (Lipinski definition) is 1. The molecule has 1 saturated heterocycles. The Hall–Kier alpha value is -0.840. The van der Waals surface area contributed by atoms with Gasteiger partial charge in [0, 0.05) is 38.3 Å². The molecule has 2 heterocycles. The van der Waals surface area contributed by atoms with Gasteiger partial charge < -0.3 is 14.6 Å². The van der Waals surface area contributed by atoms with E-state index in [1.165, 1.54) is 38.0 Å². The van der Waals surface area contributed by atoms with Crippen molar-refractivity contribution in [3.05, 3.63) is 23.7 Å². The molecule has 0 aliphatic carbocycles. The van der Waals surface area contributed by atoms with E-state index in [0.29, 0.717) is 0 Å². The predicted molar refractivity (Wildman–Crippen MR) is 82.7 cm³/mol. The summed E-state index contributed by atoms with van der Waals surface area (Å²) in [6.07, 6.45) is 4.32. The molecule has 0 aromatic carbocycles. The van der Waals surface area contributed by atoms with Crippen molar-refractivity contribution in [2.75, 3.05) is 39.3 Å². The van der Waals surface area contributed by atoms with Crippen molar-refractivity contribution < 1.29 is 4.42 Å². The van der Waals surface area contributed by atoms with Crippen LogP contribution in [0.5, 0.6) is 0 Å². The molecule has 0 saturated carbocycles. The van der Waals surface area contributed by atoms with Crippen LogP contribution in [-0.4, -0.2) is 49.1 Å². The summed E-state index contributed by atoms with van der Waals surface area (Å²) in [6.45, 7) is 13.3. The zero-order chi connectivity index (χ0) is 14.2. The molecule has 0 atom stereocenters. The minimum Gasteiger partial charge on any atom is -0.468 e. The first-order chi connectivity index (χ1) is 9.81. The Morgan fingerprint density at radius 3 is 2.55 bits per heavy atom. The van der Waals surface area contributed by atoms with Crippen LogP contribution in [0.1, 0.15) is 38.0 Å². The maximum absolute atomic E-state index is 5.68. The van der Waals surface area contributed by atoms with Crippen LogP contribution in [0.25, 0.3) is 0 Å². The van der Waals surface area contributed by atoms with Crippen molar-refractivity contribution in [2.24, 2.45) is 0 Å². The Kier molecular flexibility index (Phi) is 6.57. The molecular formula is C16H29N3O. The fraction of sp³-hybridized carbons (Fsp3) is 0.750. The number of piperazine rings is 1. The molecule has 1 aliphatic rings. The summed E-state index contributed by atoms with van der Waals surface area (Å²) in [5, 5.41) is 3.41. The molecule has 0 unspecified atom stereocenters. The molecule has 0 bridgehead atoms. The minimum absolute atomic E-state index is 0.918. The molecule has 1 aromatic heterocycles. The summed E-state index contributed by atoms with van der Waals surface area (Å²) in [5.41, 5.74) is 1.26. The van der Waals surface area contributed by atoms with E-state index in [1.807, 2.05) is 6.26 Å². The van der Waals surface area contributed by atoms with Gasteiger partial charge in [0.15, 0.2) is 0 Å². The van der Waals surface area contributed by atoms with E-state index < -0.39 is 0 Å². The predicted octanol–water partition coefficient (Wildman–Crippen LogP) is 2.31. The van der Waals surface area contributed by atoms with Gasteiger partial charge in [-0.3, -0.25) is 4.90 Å². The van der Waals surface area contributed by atoms with Gasteiger partial charge in [0.1, 0.15) is 5.76 Å². The summed E-state index contributed by atoms with van der Waals surface area (Å²) in [4.78, 5) is 5.05. The zero-order valence-electron chi connectivity index (χ0n) is 13.0. The van der Waals surface area contributed by atoms with Gasteiger partial charge in [-0.2, -0.15) is 0 Å². The van der Waals surface area contributed by atoms with Gasteiger partial charge in [0.25, 0.3) is 0 Å². The van der Waals surface area contributed by atoms with Crippen LogP contribution in [0, 0.1) is 0 Å². The quantitative estimate of drug-likeness (QED) is 0.740. The third kappa shape index (κ3) is 4.93. The lowest BCUT2D eigenvalue weighted by Gasteiger charge is -2.33. The molecule has 1 aliphatic heterocycles. The van der Waals surface area contributed by atoms with Gasteiger partial charge >= 0.3 is 0 Å². The average molecular weight is 279 g/mol. The average Bonchev–Trinajstić information content (AvgIpc) is 2.89. The fourth-order valence-electron chi connectivity index (χ4n) is 2.72. The third-order valence-corrected chi connectivity index (χ3v) is 3.85. The number of nitrogens with zero attached hydrogens (tertiary/aromatic N) is 2. The Morgan fingerprint density at radius 1 is 1.10 bits per heavy atom. The second-order valence-corrected chi connectivity index (χ2v) is 5.72. The molecule has 4 heteroatoms. The second kappa shape index (κ2) is 8.45. The monoisotopic (exact) mass is 279 g/mol. The van der Waals surface area contributed by atoms with Crippen LogP contribution in [-0.2, 0) is 13.1 Å². The summed E-state index contributed by atoms with van der Waals surface area (Å²) >= 11 is 0. The first kappa shape index (κ1) is 15.5. The molecule has 20 heavy (non-hydrogen) atoms. The van der Waals surface area contributed by atoms with Gasteiger partial charge in [-0.1, -0.05) is 13.8 Å². The topological polar surface area (TPSA) is 31.7 Å². The lowest BCUT2D eigenvalue weighted by molar-refractivity contribution is 0.121. The van der Waals surface area contributed by atoms with Crippen molar-refractivity contribution in [3.63, 3.8) is 0 Å². The molecule has 1 aromatic rings.